The highest BCUT2D eigenvalue weighted by Crippen LogP contribution is 2.19. The Labute approximate surface area is 160 Å². The monoisotopic (exact) mass is 375 g/mol. The van der Waals surface area contributed by atoms with Gasteiger partial charge in [0.05, 0.1) is 12.2 Å². The van der Waals surface area contributed by atoms with E-state index in [1.165, 1.54) is 25.7 Å². The van der Waals surface area contributed by atoms with E-state index < -0.39 is 0 Å². The Bertz CT molecular complexity index is 621. The number of anilines is 1. The molecule has 2 fully saturated rings. The van der Waals surface area contributed by atoms with Crippen LogP contribution in [0, 0.1) is 0 Å². The fraction of sp³-hybridized carbons (Fsp3) is 0.684. The second-order valence-corrected chi connectivity index (χ2v) is 7.11. The minimum atomic E-state index is -0.318. The van der Waals surface area contributed by atoms with Crippen LogP contribution < -0.4 is 5.32 Å². The van der Waals surface area contributed by atoms with Crippen molar-refractivity contribution in [1.82, 2.24) is 19.8 Å². The predicted octanol–water partition coefficient (Wildman–Crippen LogP) is 2.53. The summed E-state index contributed by atoms with van der Waals surface area (Å²) < 4.78 is 5.00. The lowest BCUT2D eigenvalue weighted by Crippen LogP contribution is -2.50. The van der Waals surface area contributed by atoms with Crippen molar-refractivity contribution in [2.24, 2.45) is 0 Å². The van der Waals surface area contributed by atoms with Crippen LogP contribution in [-0.4, -0.2) is 70.6 Å². The molecular weight excluding hydrogens is 346 g/mol. The second kappa shape index (κ2) is 9.53. The average Bonchev–Trinajstić information content (AvgIpc) is 2.97. The smallest absolute Gasteiger partial charge is 0.409 e. The predicted molar refractivity (Wildman–Crippen MR) is 102 cm³/mol. The van der Waals surface area contributed by atoms with Crippen molar-refractivity contribution in [2.75, 3.05) is 38.1 Å². The van der Waals surface area contributed by atoms with Gasteiger partial charge in [0.1, 0.15) is 0 Å². The van der Waals surface area contributed by atoms with Gasteiger partial charge in [-0.25, -0.2) is 14.8 Å². The Balaban J connectivity index is 1.51. The van der Waals surface area contributed by atoms with Crippen molar-refractivity contribution >= 4 is 17.9 Å². The number of rotatable bonds is 4. The lowest BCUT2D eigenvalue weighted by Gasteiger charge is -2.34. The maximum Gasteiger partial charge on any atom is 0.409 e. The molecule has 1 aromatic rings. The van der Waals surface area contributed by atoms with Gasteiger partial charge in [-0.15, -0.1) is 0 Å². The molecule has 2 heterocycles. The maximum atomic E-state index is 12.6. The largest absolute Gasteiger partial charge is 0.450 e. The van der Waals surface area contributed by atoms with Crippen molar-refractivity contribution in [1.29, 1.82) is 0 Å². The van der Waals surface area contributed by atoms with Crippen LogP contribution in [0.4, 0.5) is 10.7 Å². The molecule has 0 spiro atoms. The van der Waals surface area contributed by atoms with Gasteiger partial charge in [0.15, 0.2) is 0 Å². The molecule has 27 heavy (non-hydrogen) atoms. The fourth-order valence-electron chi connectivity index (χ4n) is 3.61. The molecule has 1 saturated heterocycles. The number of piperazine rings is 1. The SMILES string of the molecule is CCOC(=O)N1CCN(C(=O)c2cnc(NC3CCCCCC3)nc2)CC1. The number of nitrogens with zero attached hydrogens (tertiary/aromatic N) is 4. The van der Waals surface area contributed by atoms with E-state index in [4.69, 9.17) is 4.74 Å². The number of carbonyl (C=O) groups excluding carboxylic acids is 2. The molecule has 1 aliphatic heterocycles. The molecule has 2 aliphatic rings. The molecule has 8 nitrogen and oxygen atoms in total. The molecule has 1 aromatic heterocycles. The Morgan fingerprint density at radius 3 is 2.22 bits per heavy atom. The van der Waals surface area contributed by atoms with Gasteiger partial charge in [0.25, 0.3) is 5.91 Å². The summed E-state index contributed by atoms with van der Waals surface area (Å²) in [5.74, 6) is 0.491. The van der Waals surface area contributed by atoms with Crippen molar-refractivity contribution in [3.8, 4) is 0 Å². The number of aromatic nitrogens is 2. The Morgan fingerprint density at radius 1 is 1.04 bits per heavy atom. The summed E-state index contributed by atoms with van der Waals surface area (Å²) in [5.41, 5.74) is 0.478. The molecule has 0 aromatic carbocycles. The highest BCUT2D eigenvalue weighted by molar-refractivity contribution is 5.93. The molecule has 2 amide bonds. The zero-order chi connectivity index (χ0) is 19.1. The summed E-state index contributed by atoms with van der Waals surface area (Å²) in [6, 6.07) is 0.421. The standard InChI is InChI=1S/C19H29N5O3/c1-2-27-19(26)24-11-9-23(10-12-24)17(25)15-13-20-18(21-14-15)22-16-7-5-3-4-6-8-16/h13-14,16H,2-12H2,1H3,(H,20,21,22). The first kappa shape index (κ1) is 19.4. The summed E-state index contributed by atoms with van der Waals surface area (Å²) in [6.07, 6.45) is 10.2. The van der Waals surface area contributed by atoms with Gasteiger partial charge in [-0.2, -0.15) is 0 Å². The van der Waals surface area contributed by atoms with Crippen molar-refractivity contribution in [3.63, 3.8) is 0 Å². The Hall–Kier alpha value is -2.38. The molecule has 1 N–H and O–H groups in total. The quantitative estimate of drug-likeness (QED) is 0.814. The van der Waals surface area contributed by atoms with Crippen molar-refractivity contribution < 1.29 is 14.3 Å². The summed E-state index contributed by atoms with van der Waals surface area (Å²) in [7, 11) is 0. The Morgan fingerprint density at radius 2 is 1.63 bits per heavy atom. The molecule has 0 radical (unpaired) electrons. The maximum absolute atomic E-state index is 12.6. The van der Waals surface area contributed by atoms with E-state index in [1.54, 1.807) is 29.1 Å². The second-order valence-electron chi connectivity index (χ2n) is 7.11. The number of amides is 2. The topological polar surface area (TPSA) is 87.7 Å². The molecule has 0 atom stereocenters. The molecular formula is C19H29N5O3. The van der Waals surface area contributed by atoms with Crippen molar-refractivity contribution in [3.05, 3.63) is 18.0 Å². The summed E-state index contributed by atoms with van der Waals surface area (Å²) in [5, 5.41) is 3.39. The zero-order valence-electron chi connectivity index (χ0n) is 16.0. The van der Waals surface area contributed by atoms with Crippen LogP contribution in [-0.2, 0) is 4.74 Å². The minimum Gasteiger partial charge on any atom is -0.450 e. The van der Waals surface area contributed by atoms with Gasteiger partial charge in [-0.3, -0.25) is 4.79 Å². The first-order chi connectivity index (χ1) is 13.2. The van der Waals surface area contributed by atoms with Crippen LogP contribution in [0.5, 0.6) is 0 Å². The normalized spacial score (nSPS) is 18.7. The third kappa shape index (κ3) is 5.30. The van der Waals surface area contributed by atoms with Crippen LogP contribution >= 0.6 is 0 Å². The van der Waals surface area contributed by atoms with Crippen LogP contribution in [0.25, 0.3) is 0 Å². The van der Waals surface area contributed by atoms with E-state index in [0.717, 1.165) is 12.8 Å². The first-order valence-corrected chi connectivity index (χ1v) is 9.97. The van der Waals surface area contributed by atoms with Crippen LogP contribution in [0.15, 0.2) is 12.4 Å². The summed E-state index contributed by atoms with van der Waals surface area (Å²) in [4.78, 5) is 36.4. The lowest BCUT2D eigenvalue weighted by molar-refractivity contribution is 0.0570. The van der Waals surface area contributed by atoms with Gasteiger partial charge >= 0.3 is 6.09 Å². The van der Waals surface area contributed by atoms with E-state index in [2.05, 4.69) is 15.3 Å². The van der Waals surface area contributed by atoms with Gasteiger partial charge in [0, 0.05) is 44.6 Å². The first-order valence-electron chi connectivity index (χ1n) is 9.97. The van der Waals surface area contributed by atoms with E-state index in [0.29, 0.717) is 50.3 Å². The van der Waals surface area contributed by atoms with Gasteiger partial charge in [-0.1, -0.05) is 25.7 Å². The summed E-state index contributed by atoms with van der Waals surface area (Å²) >= 11 is 0. The molecule has 3 rings (SSSR count). The third-order valence-electron chi connectivity index (χ3n) is 5.18. The van der Waals surface area contributed by atoms with Gasteiger partial charge in [0.2, 0.25) is 5.95 Å². The van der Waals surface area contributed by atoms with Gasteiger partial charge in [-0.05, 0) is 19.8 Å². The van der Waals surface area contributed by atoms with Crippen LogP contribution in [0.1, 0.15) is 55.8 Å². The number of carbonyl (C=O) groups is 2. The zero-order valence-corrected chi connectivity index (χ0v) is 16.0. The third-order valence-corrected chi connectivity index (χ3v) is 5.18. The highest BCUT2D eigenvalue weighted by Gasteiger charge is 2.26. The van der Waals surface area contributed by atoms with Gasteiger partial charge < -0.3 is 19.9 Å². The minimum absolute atomic E-state index is 0.0977. The van der Waals surface area contributed by atoms with E-state index in [1.807, 2.05) is 0 Å². The lowest BCUT2D eigenvalue weighted by atomic mass is 10.1. The number of nitrogens with one attached hydrogen (secondary N) is 1. The van der Waals surface area contributed by atoms with E-state index >= 15 is 0 Å². The number of hydrogen-bond donors (Lipinski definition) is 1. The molecule has 0 unspecified atom stereocenters. The molecule has 0 bridgehead atoms. The van der Waals surface area contributed by atoms with Crippen molar-refractivity contribution in [2.45, 2.75) is 51.5 Å². The van der Waals surface area contributed by atoms with E-state index in [-0.39, 0.29) is 12.0 Å². The van der Waals surface area contributed by atoms with E-state index in [9.17, 15) is 9.59 Å². The summed E-state index contributed by atoms with van der Waals surface area (Å²) in [6.45, 7) is 4.07. The molecule has 1 aliphatic carbocycles. The number of hydrogen-bond acceptors (Lipinski definition) is 6. The number of ether oxygens (including phenoxy) is 1. The highest BCUT2D eigenvalue weighted by atomic mass is 16.6. The molecule has 148 valence electrons. The van der Waals surface area contributed by atoms with Crippen LogP contribution in [0.2, 0.25) is 0 Å². The molecule has 8 heteroatoms. The molecule has 1 saturated carbocycles. The fourth-order valence-corrected chi connectivity index (χ4v) is 3.61. The Kier molecular flexibility index (Phi) is 6.84. The average molecular weight is 375 g/mol. The van der Waals surface area contributed by atoms with Crippen LogP contribution in [0.3, 0.4) is 0 Å².